The number of aromatic nitrogens is 1. The predicted octanol–water partition coefficient (Wildman–Crippen LogP) is 2.44. The molecule has 0 aliphatic carbocycles. The van der Waals surface area contributed by atoms with E-state index < -0.39 is 18.1 Å². The van der Waals surface area contributed by atoms with Crippen molar-refractivity contribution >= 4 is 17.6 Å². The van der Waals surface area contributed by atoms with Crippen molar-refractivity contribution in [1.29, 1.82) is 0 Å². The number of ether oxygens (including phenoxy) is 2. The molecule has 10 heteroatoms. The first-order valence-corrected chi connectivity index (χ1v) is 7.60. The summed E-state index contributed by atoms with van der Waals surface area (Å²) in [6.45, 7) is 1.27. The number of rotatable bonds is 4. The Morgan fingerprint density at radius 3 is 2.92 bits per heavy atom. The number of aliphatic imine (C=N–C) groups is 1. The van der Waals surface area contributed by atoms with E-state index in [4.69, 9.17) is 19.6 Å². The zero-order valence-corrected chi connectivity index (χ0v) is 13.7. The van der Waals surface area contributed by atoms with Gasteiger partial charge in [0, 0.05) is 12.6 Å². The zero-order valence-electron chi connectivity index (χ0n) is 13.7. The van der Waals surface area contributed by atoms with Crippen molar-refractivity contribution in [3.8, 4) is 5.88 Å². The number of anilines is 1. The summed E-state index contributed by atoms with van der Waals surface area (Å²) >= 11 is 0. The van der Waals surface area contributed by atoms with E-state index in [2.05, 4.69) is 15.3 Å². The quantitative estimate of drug-likeness (QED) is 0.860. The van der Waals surface area contributed by atoms with E-state index in [1.807, 2.05) is 0 Å². The van der Waals surface area contributed by atoms with Gasteiger partial charge in [0.25, 0.3) is 12.3 Å². The number of alkyl halides is 2. The number of amidine groups is 1. The Morgan fingerprint density at radius 1 is 1.46 bits per heavy atom. The van der Waals surface area contributed by atoms with Gasteiger partial charge in [0.2, 0.25) is 0 Å². The number of carbonyl (C=O) groups is 1. The number of carbonyl (C=O) groups excluding carboxylic acids is 1. The summed E-state index contributed by atoms with van der Waals surface area (Å²) in [5.74, 6) is 0.301. The van der Waals surface area contributed by atoms with Crippen LogP contribution < -0.4 is 15.8 Å². The molecule has 3 rings (SSSR count). The molecule has 1 aromatic carbocycles. The van der Waals surface area contributed by atoms with Gasteiger partial charge in [-0.1, -0.05) is 12.1 Å². The third-order valence-corrected chi connectivity index (χ3v) is 3.68. The fourth-order valence-corrected chi connectivity index (χ4v) is 2.51. The molecule has 0 radical (unpaired) electrons. The number of aryl methyl sites for hydroxylation is 1. The SMILES string of the molecule is Cc1nc(OC(=O)Nc2cccc(C3(C(F)F)COCC(N)=N3)c2)co1. The van der Waals surface area contributed by atoms with Crippen molar-refractivity contribution in [2.24, 2.45) is 10.7 Å². The van der Waals surface area contributed by atoms with Gasteiger partial charge in [-0.2, -0.15) is 4.98 Å². The lowest BCUT2D eigenvalue weighted by molar-refractivity contribution is -0.0129. The molecule has 2 heterocycles. The molecule has 1 amide bonds. The van der Waals surface area contributed by atoms with Gasteiger partial charge >= 0.3 is 6.09 Å². The number of benzene rings is 1. The summed E-state index contributed by atoms with van der Waals surface area (Å²) in [6.07, 6.45) is -2.51. The maximum absolute atomic E-state index is 13.7. The molecule has 0 spiro atoms. The number of nitrogens with two attached hydrogens (primary N) is 1. The van der Waals surface area contributed by atoms with E-state index >= 15 is 0 Å². The van der Waals surface area contributed by atoms with E-state index in [-0.39, 0.29) is 36.2 Å². The van der Waals surface area contributed by atoms with Crippen molar-refractivity contribution < 1.29 is 27.5 Å². The first-order valence-electron chi connectivity index (χ1n) is 7.60. The fourth-order valence-electron chi connectivity index (χ4n) is 2.51. The van der Waals surface area contributed by atoms with Gasteiger partial charge in [-0.15, -0.1) is 0 Å². The third kappa shape index (κ3) is 3.64. The number of hydrogen-bond donors (Lipinski definition) is 2. The van der Waals surface area contributed by atoms with Crippen LogP contribution >= 0.6 is 0 Å². The monoisotopic (exact) mass is 366 g/mol. The average molecular weight is 366 g/mol. The Balaban J connectivity index is 1.81. The lowest BCUT2D eigenvalue weighted by Gasteiger charge is -2.33. The van der Waals surface area contributed by atoms with Crippen LogP contribution in [0.3, 0.4) is 0 Å². The molecule has 1 unspecified atom stereocenters. The standard InChI is InChI=1S/C16H16F2N4O4/c1-9-20-13(7-25-9)26-15(23)21-11-4-2-3-10(5-11)16(14(17)18)8-24-6-12(19)22-16/h2-5,7,14H,6,8H2,1H3,(H2,19,22)(H,21,23). The topological polar surface area (TPSA) is 112 Å². The van der Waals surface area contributed by atoms with E-state index in [1.54, 1.807) is 6.92 Å². The molecule has 0 saturated carbocycles. The fraction of sp³-hybridized carbons (Fsp3) is 0.312. The summed E-state index contributed by atoms with van der Waals surface area (Å²) in [7, 11) is 0. The molecule has 138 valence electrons. The lowest BCUT2D eigenvalue weighted by Crippen LogP contribution is -2.44. The maximum Gasteiger partial charge on any atom is 0.418 e. The average Bonchev–Trinajstić information content (AvgIpc) is 2.99. The molecule has 1 aliphatic rings. The van der Waals surface area contributed by atoms with Crippen LogP contribution in [0.25, 0.3) is 0 Å². The maximum atomic E-state index is 13.7. The Morgan fingerprint density at radius 2 is 2.27 bits per heavy atom. The summed E-state index contributed by atoms with van der Waals surface area (Å²) in [5, 5.41) is 2.44. The van der Waals surface area contributed by atoms with Crippen LogP contribution in [0, 0.1) is 6.92 Å². The minimum Gasteiger partial charge on any atom is -0.445 e. The first-order chi connectivity index (χ1) is 12.4. The van der Waals surface area contributed by atoms with E-state index in [0.717, 1.165) is 0 Å². The molecule has 2 aromatic rings. The number of halogens is 2. The molecule has 0 bridgehead atoms. The Kier molecular flexibility index (Phi) is 4.85. The van der Waals surface area contributed by atoms with Gasteiger partial charge < -0.3 is 19.6 Å². The molecule has 0 fully saturated rings. The summed E-state index contributed by atoms with van der Waals surface area (Å²) in [4.78, 5) is 19.7. The molecular formula is C16H16F2N4O4. The van der Waals surface area contributed by atoms with Gasteiger partial charge in [-0.25, -0.2) is 13.6 Å². The molecule has 1 aromatic heterocycles. The highest BCUT2D eigenvalue weighted by molar-refractivity contribution is 5.86. The lowest BCUT2D eigenvalue weighted by atomic mass is 9.90. The number of oxazole rings is 1. The minimum atomic E-state index is -2.85. The zero-order chi connectivity index (χ0) is 18.7. The second-order valence-corrected chi connectivity index (χ2v) is 5.62. The Bertz CT molecular complexity index is 839. The largest absolute Gasteiger partial charge is 0.445 e. The number of hydrogen-bond acceptors (Lipinski definition) is 7. The molecule has 1 aliphatic heterocycles. The Labute approximate surface area is 147 Å². The normalized spacial score (nSPS) is 19.9. The number of nitrogens with zero attached hydrogens (tertiary/aromatic N) is 2. The Hall–Kier alpha value is -3.01. The highest BCUT2D eigenvalue weighted by atomic mass is 19.3. The van der Waals surface area contributed by atoms with Crippen molar-refractivity contribution in [3.63, 3.8) is 0 Å². The molecule has 26 heavy (non-hydrogen) atoms. The molecular weight excluding hydrogens is 350 g/mol. The van der Waals surface area contributed by atoms with E-state index in [0.29, 0.717) is 5.89 Å². The minimum absolute atomic E-state index is 0.00411. The first kappa shape index (κ1) is 17.8. The van der Waals surface area contributed by atoms with Crippen LogP contribution in [0.2, 0.25) is 0 Å². The number of nitrogens with one attached hydrogen (secondary N) is 1. The van der Waals surface area contributed by atoms with Crippen LogP contribution in [0.5, 0.6) is 5.88 Å². The van der Waals surface area contributed by atoms with E-state index in [9.17, 15) is 13.6 Å². The third-order valence-electron chi connectivity index (χ3n) is 3.68. The van der Waals surface area contributed by atoms with Gasteiger partial charge in [-0.05, 0) is 17.7 Å². The second kappa shape index (κ2) is 7.08. The van der Waals surface area contributed by atoms with Crippen molar-refractivity contribution in [3.05, 3.63) is 42.0 Å². The predicted molar refractivity (Wildman–Crippen MR) is 87.5 cm³/mol. The second-order valence-electron chi connectivity index (χ2n) is 5.62. The van der Waals surface area contributed by atoms with E-state index in [1.165, 1.54) is 30.5 Å². The number of amides is 1. The van der Waals surface area contributed by atoms with Gasteiger partial charge in [0.05, 0.1) is 6.61 Å². The molecule has 1 atom stereocenters. The van der Waals surface area contributed by atoms with Crippen LogP contribution in [0.4, 0.5) is 19.3 Å². The van der Waals surface area contributed by atoms with Gasteiger partial charge in [0.15, 0.2) is 17.7 Å². The van der Waals surface area contributed by atoms with Gasteiger partial charge in [-0.3, -0.25) is 10.3 Å². The smallest absolute Gasteiger partial charge is 0.418 e. The van der Waals surface area contributed by atoms with Crippen LogP contribution in [-0.4, -0.2) is 36.6 Å². The van der Waals surface area contributed by atoms with Crippen LogP contribution in [0.15, 0.2) is 39.9 Å². The highest BCUT2D eigenvalue weighted by Gasteiger charge is 2.44. The molecule has 3 N–H and O–H groups in total. The van der Waals surface area contributed by atoms with Gasteiger partial charge in [0.1, 0.15) is 12.4 Å². The van der Waals surface area contributed by atoms with Crippen LogP contribution in [-0.2, 0) is 10.3 Å². The van der Waals surface area contributed by atoms with Crippen LogP contribution in [0.1, 0.15) is 11.5 Å². The van der Waals surface area contributed by atoms with Crippen molar-refractivity contribution in [2.75, 3.05) is 18.5 Å². The summed E-state index contributed by atoms with van der Waals surface area (Å²) in [6, 6.07) is 5.87. The molecule has 0 saturated heterocycles. The summed E-state index contributed by atoms with van der Waals surface area (Å²) < 4.78 is 42.5. The highest BCUT2D eigenvalue weighted by Crippen LogP contribution is 2.36. The molecule has 8 nitrogen and oxygen atoms in total. The summed E-state index contributed by atoms with van der Waals surface area (Å²) in [5.41, 5.74) is 4.06. The van der Waals surface area contributed by atoms with Crippen molar-refractivity contribution in [2.45, 2.75) is 18.9 Å². The van der Waals surface area contributed by atoms with Crippen molar-refractivity contribution in [1.82, 2.24) is 4.98 Å².